The maximum Gasteiger partial charge on any atom is 0.350 e. The molecule has 0 bridgehead atoms. The molecule has 92 valence electrons. The van der Waals surface area contributed by atoms with Crippen LogP contribution in [0.5, 0.6) is 5.75 Å². The molecule has 0 radical (unpaired) electrons. The molecule has 1 atom stereocenters. The van der Waals surface area contributed by atoms with E-state index in [-0.39, 0.29) is 16.8 Å². The Bertz CT molecular complexity index is 665. The number of rotatable bonds is 2. The molecular formula is C11H8N2O3S2. The van der Waals surface area contributed by atoms with E-state index in [9.17, 15) is 9.90 Å². The number of benzene rings is 1. The van der Waals surface area contributed by atoms with Crippen molar-refractivity contribution in [3.05, 3.63) is 23.2 Å². The third-order valence-corrected chi connectivity index (χ3v) is 4.80. The van der Waals surface area contributed by atoms with E-state index in [0.29, 0.717) is 5.75 Å². The van der Waals surface area contributed by atoms with Crippen LogP contribution in [0.1, 0.15) is 10.4 Å². The number of thiazole rings is 1. The number of aromatic hydroxyl groups is 1. The van der Waals surface area contributed by atoms with Crippen molar-refractivity contribution in [1.29, 1.82) is 0 Å². The molecule has 0 aliphatic carbocycles. The van der Waals surface area contributed by atoms with Gasteiger partial charge in [0.15, 0.2) is 0 Å². The minimum Gasteiger partial charge on any atom is -0.508 e. The van der Waals surface area contributed by atoms with Crippen LogP contribution in [-0.4, -0.2) is 32.6 Å². The molecule has 1 aromatic heterocycles. The predicted molar refractivity (Wildman–Crippen MR) is 71.6 cm³/mol. The molecule has 0 fully saturated rings. The Balaban J connectivity index is 1.98. The average molecular weight is 280 g/mol. The highest BCUT2D eigenvalue weighted by atomic mass is 32.2. The van der Waals surface area contributed by atoms with Gasteiger partial charge in [-0.15, -0.1) is 23.1 Å². The van der Waals surface area contributed by atoms with Gasteiger partial charge in [-0.1, -0.05) is 0 Å². The summed E-state index contributed by atoms with van der Waals surface area (Å²) in [5.74, 6) is -0.364. The number of phenolic OH excluding ortho intramolecular Hbond substituents is 1. The highest BCUT2D eigenvalue weighted by Crippen LogP contribution is 2.39. The van der Waals surface area contributed by atoms with Gasteiger partial charge in [-0.25, -0.2) is 9.78 Å². The van der Waals surface area contributed by atoms with Crippen molar-refractivity contribution >= 4 is 45.0 Å². The smallest absolute Gasteiger partial charge is 0.350 e. The molecule has 1 aliphatic heterocycles. The first-order valence-electron chi connectivity index (χ1n) is 5.14. The molecule has 1 unspecified atom stereocenters. The van der Waals surface area contributed by atoms with E-state index in [1.54, 1.807) is 18.2 Å². The number of phenols is 1. The van der Waals surface area contributed by atoms with Gasteiger partial charge in [0.2, 0.25) is 0 Å². The van der Waals surface area contributed by atoms with Gasteiger partial charge < -0.3 is 10.2 Å². The lowest BCUT2D eigenvalue weighted by molar-refractivity contribution is -0.129. The zero-order valence-electron chi connectivity index (χ0n) is 9.03. The summed E-state index contributed by atoms with van der Waals surface area (Å²) in [7, 11) is 0. The second-order valence-electron chi connectivity index (χ2n) is 3.75. The fourth-order valence-corrected chi connectivity index (χ4v) is 3.83. The predicted octanol–water partition coefficient (Wildman–Crippen LogP) is 2.27. The summed E-state index contributed by atoms with van der Waals surface area (Å²) < 4.78 is 0.879. The number of carboxylic acid groups (broad SMARTS) is 1. The van der Waals surface area contributed by atoms with Crippen LogP contribution in [-0.2, 0) is 4.79 Å². The lowest BCUT2D eigenvalue weighted by Gasteiger charge is -1.98. The molecule has 0 amide bonds. The third kappa shape index (κ3) is 1.95. The Labute approximate surface area is 110 Å². The highest BCUT2D eigenvalue weighted by molar-refractivity contribution is 8.00. The van der Waals surface area contributed by atoms with Crippen LogP contribution >= 0.6 is 23.1 Å². The molecule has 3 rings (SSSR count). The first-order valence-corrected chi connectivity index (χ1v) is 7.01. The fourth-order valence-electron chi connectivity index (χ4n) is 1.65. The summed E-state index contributed by atoms with van der Waals surface area (Å²) in [5.41, 5.74) is 0.986. The minimum absolute atomic E-state index is 0.187. The Morgan fingerprint density at radius 1 is 1.44 bits per heavy atom. The summed E-state index contributed by atoms with van der Waals surface area (Å²) in [4.78, 5) is 19.4. The third-order valence-electron chi connectivity index (χ3n) is 2.50. The van der Waals surface area contributed by atoms with Crippen molar-refractivity contribution in [3.8, 4) is 5.75 Å². The van der Waals surface area contributed by atoms with Crippen LogP contribution in [0.2, 0.25) is 0 Å². The van der Waals surface area contributed by atoms with Crippen LogP contribution in [0.15, 0.2) is 23.2 Å². The molecule has 1 aliphatic rings. The van der Waals surface area contributed by atoms with Crippen molar-refractivity contribution in [1.82, 2.24) is 4.98 Å². The molecule has 0 saturated carbocycles. The number of hydrogen-bond donors (Lipinski definition) is 2. The van der Waals surface area contributed by atoms with Crippen molar-refractivity contribution < 1.29 is 15.0 Å². The molecule has 2 aromatic rings. The number of aromatic nitrogens is 1. The van der Waals surface area contributed by atoms with Crippen molar-refractivity contribution in [3.63, 3.8) is 0 Å². The van der Waals surface area contributed by atoms with Crippen LogP contribution in [0.3, 0.4) is 0 Å². The molecule has 18 heavy (non-hydrogen) atoms. The Morgan fingerprint density at radius 2 is 2.28 bits per heavy atom. The number of hydrogen-bond acceptors (Lipinski definition) is 6. The molecular weight excluding hydrogens is 272 g/mol. The van der Waals surface area contributed by atoms with E-state index in [1.807, 2.05) is 0 Å². The Morgan fingerprint density at radius 3 is 3.00 bits per heavy atom. The highest BCUT2D eigenvalue weighted by Gasteiger charge is 2.26. The SMILES string of the molecule is O=C(O)C1=NC(c2nc3ccc(O)cc3s2)SC1. The lowest BCUT2D eigenvalue weighted by Crippen LogP contribution is -2.11. The quantitative estimate of drug-likeness (QED) is 0.881. The molecule has 2 N–H and O–H groups in total. The first-order chi connectivity index (χ1) is 8.63. The molecule has 7 heteroatoms. The van der Waals surface area contributed by atoms with Crippen LogP contribution in [0.4, 0.5) is 0 Å². The van der Waals surface area contributed by atoms with E-state index in [4.69, 9.17) is 5.11 Å². The Kier molecular flexibility index (Phi) is 2.71. The van der Waals surface area contributed by atoms with Crippen LogP contribution in [0.25, 0.3) is 10.2 Å². The maximum atomic E-state index is 10.8. The number of aliphatic carboxylic acids is 1. The fraction of sp³-hybridized carbons (Fsp3) is 0.182. The van der Waals surface area contributed by atoms with Gasteiger partial charge in [-0.05, 0) is 18.2 Å². The molecule has 0 saturated heterocycles. The van der Waals surface area contributed by atoms with Gasteiger partial charge in [0.25, 0.3) is 0 Å². The summed E-state index contributed by atoms with van der Waals surface area (Å²) in [6.45, 7) is 0. The minimum atomic E-state index is -0.969. The molecule has 1 aromatic carbocycles. The van der Waals surface area contributed by atoms with Crippen LogP contribution in [0, 0.1) is 0 Å². The second kappa shape index (κ2) is 4.25. The van der Waals surface area contributed by atoms with Crippen molar-refractivity contribution in [2.75, 3.05) is 5.75 Å². The Hall–Kier alpha value is -1.60. The van der Waals surface area contributed by atoms with Crippen molar-refractivity contribution in [2.24, 2.45) is 4.99 Å². The number of nitrogens with zero attached hydrogens (tertiary/aromatic N) is 2. The number of carboxylic acids is 1. The average Bonchev–Trinajstić information content (AvgIpc) is 2.93. The largest absolute Gasteiger partial charge is 0.508 e. The van der Waals surface area contributed by atoms with E-state index in [2.05, 4.69) is 9.98 Å². The van der Waals surface area contributed by atoms with Crippen LogP contribution < -0.4 is 0 Å². The van der Waals surface area contributed by atoms with Gasteiger partial charge in [-0.2, -0.15) is 0 Å². The summed E-state index contributed by atoms with van der Waals surface area (Å²) >= 11 is 2.88. The van der Waals surface area contributed by atoms with Gasteiger partial charge >= 0.3 is 5.97 Å². The standard InChI is InChI=1S/C11H8N2O3S2/c14-5-1-2-6-8(3-5)18-10(12-6)9-13-7(4-17-9)11(15)16/h1-3,9,14H,4H2,(H,15,16). The topological polar surface area (TPSA) is 82.8 Å². The molecule has 2 heterocycles. The lowest BCUT2D eigenvalue weighted by atomic mass is 10.3. The second-order valence-corrected chi connectivity index (χ2v) is 5.88. The summed E-state index contributed by atoms with van der Waals surface area (Å²) in [5, 5.41) is 18.8. The normalized spacial score (nSPS) is 19.1. The number of fused-ring (bicyclic) bond motifs is 1. The number of aliphatic imine (C=N–C) groups is 1. The zero-order chi connectivity index (χ0) is 12.7. The van der Waals surface area contributed by atoms with E-state index < -0.39 is 5.97 Å². The maximum absolute atomic E-state index is 10.8. The van der Waals surface area contributed by atoms with E-state index in [1.165, 1.54) is 23.1 Å². The molecule has 5 nitrogen and oxygen atoms in total. The van der Waals surface area contributed by atoms with E-state index >= 15 is 0 Å². The van der Waals surface area contributed by atoms with E-state index in [0.717, 1.165) is 15.2 Å². The molecule has 0 spiro atoms. The first kappa shape index (κ1) is 11.5. The zero-order valence-corrected chi connectivity index (χ0v) is 10.7. The summed E-state index contributed by atoms with van der Waals surface area (Å²) in [6.07, 6.45) is 0. The monoisotopic (exact) mass is 280 g/mol. The van der Waals surface area contributed by atoms with Gasteiger partial charge in [0.1, 0.15) is 21.8 Å². The van der Waals surface area contributed by atoms with Gasteiger partial charge in [0.05, 0.1) is 10.2 Å². The van der Waals surface area contributed by atoms with Gasteiger partial charge in [0, 0.05) is 5.75 Å². The van der Waals surface area contributed by atoms with Gasteiger partial charge in [-0.3, -0.25) is 4.99 Å². The van der Waals surface area contributed by atoms with Crippen molar-refractivity contribution in [2.45, 2.75) is 5.37 Å². The number of carbonyl (C=O) groups is 1. The summed E-state index contributed by atoms with van der Waals surface area (Å²) in [6, 6.07) is 4.98. The number of thioether (sulfide) groups is 1.